The van der Waals surface area contributed by atoms with E-state index >= 15 is 0 Å². The van der Waals surface area contributed by atoms with Crippen LogP contribution in [0.5, 0.6) is 0 Å². The van der Waals surface area contributed by atoms with Gasteiger partial charge in [0.2, 0.25) is 0 Å². The van der Waals surface area contributed by atoms with Crippen LogP contribution in [0.4, 0.5) is 4.39 Å². The summed E-state index contributed by atoms with van der Waals surface area (Å²) in [6.45, 7) is 3.47. The van der Waals surface area contributed by atoms with Crippen molar-refractivity contribution in [1.82, 2.24) is 5.32 Å². The molecule has 1 heterocycles. The zero-order chi connectivity index (χ0) is 14.5. The lowest BCUT2D eigenvalue weighted by Gasteiger charge is -2.27. The lowest BCUT2D eigenvalue weighted by atomic mass is 9.93. The molecule has 110 valence electrons. The molecular formula is C15H19ClFNO2. The van der Waals surface area contributed by atoms with Crippen LogP contribution >= 0.6 is 11.6 Å². The van der Waals surface area contributed by atoms with E-state index in [1.54, 1.807) is 0 Å². The maximum absolute atomic E-state index is 12.9. The Bertz CT molecular complexity index is 481. The molecule has 0 spiro atoms. The summed E-state index contributed by atoms with van der Waals surface area (Å²) in [5, 5.41) is 2.98. The third kappa shape index (κ3) is 4.18. The third-order valence-corrected chi connectivity index (χ3v) is 3.92. The Morgan fingerprint density at radius 2 is 2.35 bits per heavy atom. The highest BCUT2D eigenvalue weighted by atomic mass is 35.5. The van der Waals surface area contributed by atoms with Crippen LogP contribution in [0.1, 0.15) is 36.5 Å². The molecule has 1 aliphatic rings. The minimum Gasteiger partial charge on any atom is -0.378 e. The van der Waals surface area contributed by atoms with E-state index in [0.29, 0.717) is 24.1 Å². The maximum Gasteiger partial charge on any atom is 0.252 e. The van der Waals surface area contributed by atoms with Crippen molar-refractivity contribution in [2.75, 3.05) is 13.2 Å². The number of hydrogen-bond acceptors (Lipinski definition) is 2. The summed E-state index contributed by atoms with van der Waals surface area (Å²) in [6.07, 6.45) is 3.30. The van der Waals surface area contributed by atoms with Crippen molar-refractivity contribution in [3.8, 4) is 0 Å². The summed E-state index contributed by atoms with van der Waals surface area (Å²) in [4.78, 5) is 11.9. The highest BCUT2D eigenvalue weighted by molar-refractivity contribution is 6.33. The lowest BCUT2D eigenvalue weighted by molar-refractivity contribution is 0.00109. The topological polar surface area (TPSA) is 38.3 Å². The molecule has 0 radical (unpaired) electrons. The average molecular weight is 300 g/mol. The number of carbonyl (C=O) groups excluding carboxylic acids is 1. The van der Waals surface area contributed by atoms with Crippen molar-refractivity contribution in [1.29, 1.82) is 0 Å². The predicted octanol–water partition coefficient (Wildman–Crippen LogP) is 3.41. The summed E-state index contributed by atoms with van der Waals surface area (Å²) in [5.74, 6) is -0.111. The Morgan fingerprint density at radius 1 is 1.55 bits per heavy atom. The van der Waals surface area contributed by atoms with E-state index < -0.39 is 5.82 Å². The number of benzene rings is 1. The predicted molar refractivity (Wildman–Crippen MR) is 76.5 cm³/mol. The van der Waals surface area contributed by atoms with Crippen LogP contribution in [-0.2, 0) is 4.74 Å². The summed E-state index contributed by atoms with van der Waals surface area (Å²) in [7, 11) is 0. The van der Waals surface area contributed by atoms with Crippen LogP contribution in [0, 0.1) is 11.7 Å². The number of hydrogen-bond donors (Lipinski definition) is 1. The van der Waals surface area contributed by atoms with Gasteiger partial charge in [-0.05, 0) is 50.3 Å². The molecule has 1 aromatic rings. The lowest BCUT2D eigenvalue weighted by Crippen LogP contribution is -2.29. The van der Waals surface area contributed by atoms with Crippen LogP contribution in [0.25, 0.3) is 0 Å². The van der Waals surface area contributed by atoms with Gasteiger partial charge in [0.05, 0.1) is 16.7 Å². The quantitative estimate of drug-likeness (QED) is 0.925. The Hall–Kier alpha value is -1.13. The number of rotatable bonds is 4. The molecule has 1 amide bonds. The molecule has 0 bridgehead atoms. The standard InChI is InChI=1S/C15H19ClFNO2/c1-10-8-11(5-7-20-10)4-6-18-15(19)13-3-2-12(17)9-14(13)16/h2-3,9-11H,4-8H2,1H3,(H,18,19)/t10-,11+/m0/s1. The smallest absolute Gasteiger partial charge is 0.252 e. The Kier molecular flexibility index (Phi) is 5.38. The normalized spacial score (nSPS) is 22.6. The van der Waals surface area contributed by atoms with Gasteiger partial charge in [-0.2, -0.15) is 0 Å². The molecule has 1 aliphatic heterocycles. The number of nitrogens with one attached hydrogen (secondary N) is 1. The molecule has 2 atom stereocenters. The molecule has 20 heavy (non-hydrogen) atoms. The molecule has 1 saturated heterocycles. The van der Waals surface area contributed by atoms with Gasteiger partial charge in [0, 0.05) is 13.2 Å². The molecular weight excluding hydrogens is 281 g/mol. The molecule has 0 unspecified atom stereocenters. The van der Waals surface area contributed by atoms with Crippen molar-refractivity contribution >= 4 is 17.5 Å². The minimum absolute atomic E-state index is 0.141. The second kappa shape index (κ2) is 7.04. The Labute approximate surface area is 123 Å². The van der Waals surface area contributed by atoms with E-state index in [9.17, 15) is 9.18 Å². The first-order chi connectivity index (χ1) is 9.56. The fourth-order valence-corrected chi connectivity index (χ4v) is 2.77. The number of halogens is 2. The van der Waals surface area contributed by atoms with Crippen molar-refractivity contribution in [3.63, 3.8) is 0 Å². The van der Waals surface area contributed by atoms with Gasteiger partial charge in [0.25, 0.3) is 5.91 Å². The highest BCUT2D eigenvalue weighted by Crippen LogP contribution is 2.22. The van der Waals surface area contributed by atoms with Gasteiger partial charge in [0.15, 0.2) is 0 Å². The number of ether oxygens (including phenoxy) is 1. The largest absolute Gasteiger partial charge is 0.378 e. The van der Waals surface area contributed by atoms with Crippen LogP contribution < -0.4 is 5.32 Å². The van der Waals surface area contributed by atoms with Gasteiger partial charge in [-0.1, -0.05) is 11.6 Å². The van der Waals surface area contributed by atoms with Gasteiger partial charge in [-0.15, -0.1) is 0 Å². The fraction of sp³-hybridized carbons (Fsp3) is 0.533. The van der Waals surface area contributed by atoms with Crippen molar-refractivity contribution < 1.29 is 13.9 Å². The van der Waals surface area contributed by atoms with Gasteiger partial charge in [-0.25, -0.2) is 4.39 Å². The molecule has 3 nitrogen and oxygen atoms in total. The first-order valence-electron chi connectivity index (χ1n) is 6.91. The summed E-state index contributed by atoms with van der Waals surface area (Å²) >= 11 is 5.85. The second-order valence-corrected chi connectivity index (χ2v) is 5.65. The first-order valence-corrected chi connectivity index (χ1v) is 7.29. The summed E-state index contributed by atoms with van der Waals surface area (Å²) < 4.78 is 18.4. The van der Waals surface area contributed by atoms with E-state index in [4.69, 9.17) is 16.3 Å². The highest BCUT2D eigenvalue weighted by Gasteiger charge is 2.19. The monoisotopic (exact) mass is 299 g/mol. The summed E-state index contributed by atoms with van der Waals surface area (Å²) in [6, 6.07) is 3.79. The maximum atomic E-state index is 12.9. The van der Waals surface area contributed by atoms with Gasteiger partial charge >= 0.3 is 0 Å². The second-order valence-electron chi connectivity index (χ2n) is 5.24. The SMILES string of the molecule is C[C@H]1C[C@H](CCNC(=O)c2ccc(F)cc2Cl)CCO1. The van der Waals surface area contributed by atoms with Crippen molar-refractivity contribution in [3.05, 3.63) is 34.6 Å². The van der Waals surface area contributed by atoms with E-state index in [-0.39, 0.29) is 10.9 Å². The van der Waals surface area contributed by atoms with Gasteiger partial charge < -0.3 is 10.1 Å². The fourth-order valence-electron chi connectivity index (χ4n) is 2.51. The van der Waals surface area contributed by atoms with E-state index in [2.05, 4.69) is 12.2 Å². The Morgan fingerprint density at radius 3 is 3.05 bits per heavy atom. The zero-order valence-corrected chi connectivity index (χ0v) is 12.3. The molecule has 0 aromatic heterocycles. The van der Waals surface area contributed by atoms with Crippen LogP contribution in [0.15, 0.2) is 18.2 Å². The molecule has 1 fully saturated rings. The minimum atomic E-state index is -0.442. The molecule has 1 N–H and O–H groups in total. The summed E-state index contributed by atoms with van der Waals surface area (Å²) in [5.41, 5.74) is 0.313. The van der Waals surface area contributed by atoms with E-state index in [1.165, 1.54) is 12.1 Å². The van der Waals surface area contributed by atoms with E-state index in [0.717, 1.165) is 31.9 Å². The Balaban J connectivity index is 1.80. The molecule has 1 aromatic carbocycles. The van der Waals surface area contributed by atoms with Crippen LogP contribution in [0.2, 0.25) is 5.02 Å². The van der Waals surface area contributed by atoms with Gasteiger partial charge in [-0.3, -0.25) is 4.79 Å². The molecule has 5 heteroatoms. The molecule has 0 saturated carbocycles. The first kappa shape index (κ1) is 15.3. The third-order valence-electron chi connectivity index (χ3n) is 3.61. The zero-order valence-electron chi connectivity index (χ0n) is 11.5. The number of amides is 1. The van der Waals surface area contributed by atoms with Gasteiger partial charge in [0.1, 0.15) is 5.82 Å². The molecule has 2 rings (SSSR count). The molecule has 0 aliphatic carbocycles. The van der Waals surface area contributed by atoms with Crippen molar-refractivity contribution in [2.45, 2.75) is 32.3 Å². The van der Waals surface area contributed by atoms with Crippen LogP contribution in [0.3, 0.4) is 0 Å². The number of carbonyl (C=O) groups is 1. The van der Waals surface area contributed by atoms with Crippen molar-refractivity contribution in [2.24, 2.45) is 5.92 Å². The van der Waals surface area contributed by atoms with E-state index in [1.807, 2.05) is 0 Å². The van der Waals surface area contributed by atoms with Crippen LogP contribution in [-0.4, -0.2) is 25.2 Å². The average Bonchev–Trinajstić information content (AvgIpc) is 2.38.